The summed E-state index contributed by atoms with van der Waals surface area (Å²) in [5, 5.41) is 13.1. The lowest BCUT2D eigenvalue weighted by molar-refractivity contribution is -0.128. The maximum atomic E-state index is 11.8. The maximum absolute atomic E-state index is 11.8. The molecule has 0 spiro atoms. The van der Waals surface area contributed by atoms with Crippen LogP contribution in [0.3, 0.4) is 0 Å². The van der Waals surface area contributed by atoms with Crippen LogP contribution < -0.4 is 10.6 Å². The second kappa shape index (κ2) is 9.93. The minimum Gasteiger partial charge on any atom is -0.354 e. The number of piperidine rings is 1. The third-order valence-corrected chi connectivity index (χ3v) is 4.20. The number of aromatic amines is 1. The van der Waals surface area contributed by atoms with Crippen molar-refractivity contribution < 1.29 is 4.79 Å². The molecule has 0 aliphatic carbocycles. The topological polar surface area (TPSA) is 98.3 Å². The van der Waals surface area contributed by atoms with Crippen molar-refractivity contribution in [2.45, 2.75) is 39.5 Å². The van der Waals surface area contributed by atoms with Crippen molar-refractivity contribution in [2.24, 2.45) is 10.4 Å². The second-order valence-corrected chi connectivity index (χ2v) is 7.11. The Morgan fingerprint density at radius 1 is 1.32 bits per heavy atom. The first-order valence-corrected chi connectivity index (χ1v) is 8.51. The number of guanidine groups is 1. The number of aromatic nitrogens is 3. The average molecular weight is 463 g/mol. The summed E-state index contributed by atoms with van der Waals surface area (Å²) < 4.78 is 0. The van der Waals surface area contributed by atoms with E-state index < -0.39 is 0 Å². The zero-order valence-electron chi connectivity index (χ0n) is 15.5. The number of rotatable bonds is 4. The number of carbonyl (C=O) groups is 1. The van der Waals surface area contributed by atoms with E-state index in [0.29, 0.717) is 19.0 Å². The number of aliphatic imine (C=N–C) groups is 1. The first-order valence-electron chi connectivity index (χ1n) is 8.51. The summed E-state index contributed by atoms with van der Waals surface area (Å²) in [4.78, 5) is 22.7. The molecule has 0 aromatic carbocycles. The highest BCUT2D eigenvalue weighted by Gasteiger charge is 2.24. The van der Waals surface area contributed by atoms with Crippen LogP contribution in [0.2, 0.25) is 0 Å². The van der Waals surface area contributed by atoms with Gasteiger partial charge in [0.2, 0.25) is 5.91 Å². The lowest BCUT2D eigenvalue weighted by atomic mass is 9.96. The summed E-state index contributed by atoms with van der Waals surface area (Å²) in [6.07, 6.45) is 3.61. The minimum absolute atomic E-state index is 0. The van der Waals surface area contributed by atoms with E-state index in [1.165, 1.54) is 0 Å². The van der Waals surface area contributed by atoms with Crippen molar-refractivity contribution in [3.63, 3.8) is 0 Å². The van der Waals surface area contributed by atoms with E-state index in [0.717, 1.165) is 37.7 Å². The number of hydrogen-bond donors (Lipinski definition) is 3. The Kier molecular flexibility index (Phi) is 8.60. The number of likely N-dealkylation sites (tertiary alicyclic amines) is 1. The van der Waals surface area contributed by atoms with Crippen molar-refractivity contribution in [3.8, 4) is 0 Å². The molecule has 1 aromatic heterocycles. The fraction of sp³-hybridized carbons (Fsp3) is 0.750. The molecule has 0 unspecified atom stereocenters. The van der Waals surface area contributed by atoms with Crippen LogP contribution in [0.1, 0.15) is 45.4 Å². The molecule has 1 amide bonds. The lowest BCUT2D eigenvalue weighted by Gasteiger charge is -2.33. The standard InChI is InChI=1S/C16H29N7O.HI/c1-16(2,3)14(24)18-7-8-19-15(17-4)23-9-5-12(6-10-23)13-20-11-21-22-13;/h11-12H,5-10H2,1-4H3,(H,17,19)(H,18,24)(H,20,21,22);1H. The van der Waals surface area contributed by atoms with Crippen LogP contribution in [0.25, 0.3) is 0 Å². The molecule has 2 rings (SSSR count). The van der Waals surface area contributed by atoms with Crippen LogP contribution in [-0.2, 0) is 4.79 Å². The van der Waals surface area contributed by atoms with Crippen LogP contribution in [0.4, 0.5) is 0 Å². The van der Waals surface area contributed by atoms with Crippen molar-refractivity contribution in [2.75, 3.05) is 33.2 Å². The van der Waals surface area contributed by atoms with Gasteiger partial charge in [-0.15, -0.1) is 24.0 Å². The number of nitrogens with one attached hydrogen (secondary N) is 3. The van der Waals surface area contributed by atoms with E-state index in [9.17, 15) is 4.79 Å². The lowest BCUT2D eigenvalue weighted by Crippen LogP contribution is -2.47. The van der Waals surface area contributed by atoms with Crippen molar-refractivity contribution >= 4 is 35.8 Å². The van der Waals surface area contributed by atoms with Crippen molar-refractivity contribution in [1.29, 1.82) is 0 Å². The van der Waals surface area contributed by atoms with Gasteiger partial charge >= 0.3 is 0 Å². The van der Waals surface area contributed by atoms with Crippen molar-refractivity contribution in [3.05, 3.63) is 12.2 Å². The Balaban J connectivity index is 0.00000312. The number of hydrogen-bond acceptors (Lipinski definition) is 4. The number of carbonyl (C=O) groups excluding carboxylic acids is 1. The summed E-state index contributed by atoms with van der Waals surface area (Å²) in [6, 6.07) is 0. The molecule has 0 atom stereocenters. The van der Waals surface area contributed by atoms with Gasteiger partial charge in [-0.2, -0.15) is 5.10 Å². The summed E-state index contributed by atoms with van der Waals surface area (Å²) in [5.74, 6) is 2.36. The number of halogens is 1. The average Bonchev–Trinajstić information content (AvgIpc) is 3.08. The fourth-order valence-electron chi connectivity index (χ4n) is 2.72. The van der Waals surface area contributed by atoms with Crippen LogP contribution >= 0.6 is 24.0 Å². The normalized spacial score (nSPS) is 16.3. The Morgan fingerprint density at radius 3 is 2.48 bits per heavy atom. The molecule has 2 heterocycles. The monoisotopic (exact) mass is 463 g/mol. The van der Waals surface area contributed by atoms with Gasteiger partial charge < -0.3 is 15.5 Å². The number of amides is 1. The van der Waals surface area contributed by atoms with Crippen LogP contribution in [-0.4, -0.2) is 65.2 Å². The van der Waals surface area contributed by atoms with Crippen LogP contribution in [0, 0.1) is 5.41 Å². The van der Waals surface area contributed by atoms with E-state index in [1.807, 2.05) is 20.8 Å². The first-order chi connectivity index (χ1) is 11.4. The Bertz CT molecular complexity index is 545. The van der Waals surface area contributed by atoms with Crippen LogP contribution in [0.15, 0.2) is 11.3 Å². The third kappa shape index (κ3) is 6.44. The summed E-state index contributed by atoms with van der Waals surface area (Å²) in [7, 11) is 1.79. The Morgan fingerprint density at radius 2 is 1.96 bits per heavy atom. The molecule has 1 aliphatic heterocycles. The molecule has 25 heavy (non-hydrogen) atoms. The molecule has 0 radical (unpaired) electrons. The maximum Gasteiger partial charge on any atom is 0.225 e. The summed E-state index contributed by atoms with van der Waals surface area (Å²) >= 11 is 0. The summed E-state index contributed by atoms with van der Waals surface area (Å²) in [5.41, 5.74) is -0.357. The molecule has 9 heteroatoms. The third-order valence-electron chi connectivity index (χ3n) is 4.20. The van der Waals surface area contributed by atoms with Gasteiger partial charge in [0, 0.05) is 44.6 Å². The quantitative estimate of drug-likeness (QED) is 0.271. The Labute approximate surface area is 166 Å². The fourth-order valence-corrected chi connectivity index (χ4v) is 2.72. The zero-order valence-corrected chi connectivity index (χ0v) is 17.8. The predicted molar refractivity (Wildman–Crippen MR) is 109 cm³/mol. The molecule has 8 nitrogen and oxygen atoms in total. The van der Waals surface area contributed by atoms with Crippen LogP contribution in [0.5, 0.6) is 0 Å². The number of H-pyrrole nitrogens is 1. The first kappa shape index (κ1) is 21.7. The van der Waals surface area contributed by atoms with Gasteiger partial charge in [-0.3, -0.25) is 14.9 Å². The zero-order chi connectivity index (χ0) is 17.6. The molecule has 1 aliphatic rings. The molecule has 1 saturated heterocycles. The van der Waals surface area contributed by atoms with E-state index in [1.54, 1.807) is 13.4 Å². The molecule has 142 valence electrons. The predicted octanol–water partition coefficient (Wildman–Crippen LogP) is 1.34. The molecule has 0 saturated carbocycles. The van der Waals surface area contributed by atoms with Gasteiger partial charge in [0.15, 0.2) is 5.96 Å². The van der Waals surface area contributed by atoms with E-state index >= 15 is 0 Å². The second-order valence-electron chi connectivity index (χ2n) is 7.11. The van der Waals surface area contributed by atoms with E-state index in [2.05, 4.69) is 35.7 Å². The van der Waals surface area contributed by atoms with E-state index in [4.69, 9.17) is 0 Å². The largest absolute Gasteiger partial charge is 0.354 e. The highest BCUT2D eigenvalue weighted by Crippen LogP contribution is 2.24. The highest BCUT2D eigenvalue weighted by molar-refractivity contribution is 14.0. The van der Waals surface area contributed by atoms with Gasteiger partial charge in [0.05, 0.1) is 0 Å². The smallest absolute Gasteiger partial charge is 0.225 e. The van der Waals surface area contributed by atoms with Gasteiger partial charge in [-0.05, 0) is 12.8 Å². The molecular weight excluding hydrogens is 433 g/mol. The molecule has 0 bridgehead atoms. The number of nitrogens with zero attached hydrogens (tertiary/aromatic N) is 4. The minimum atomic E-state index is -0.357. The van der Waals surface area contributed by atoms with Gasteiger partial charge in [0.25, 0.3) is 0 Å². The van der Waals surface area contributed by atoms with Gasteiger partial charge in [-0.1, -0.05) is 20.8 Å². The Hall–Kier alpha value is -1.39. The van der Waals surface area contributed by atoms with Crippen molar-refractivity contribution in [1.82, 2.24) is 30.7 Å². The summed E-state index contributed by atoms with van der Waals surface area (Å²) in [6.45, 7) is 8.84. The van der Waals surface area contributed by atoms with E-state index in [-0.39, 0.29) is 35.3 Å². The molecule has 1 aromatic rings. The molecule has 1 fully saturated rings. The molecule has 3 N–H and O–H groups in total. The van der Waals surface area contributed by atoms with Gasteiger partial charge in [-0.25, -0.2) is 4.98 Å². The molecular formula is C16H30IN7O. The highest BCUT2D eigenvalue weighted by atomic mass is 127. The SMILES string of the molecule is CN=C(NCCNC(=O)C(C)(C)C)N1CCC(c2ncn[nH]2)CC1.I. The van der Waals surface area contributed by atoms with Gasteiger partial charge in [0.1, 0.15) is 12.2 Å².